The van der Waals surface area contributed by atoms with E-state index in [1.165, 1.54) is 12.1 Å². The molecule has 0 amide bonds. The summed E-state index contributed by atoms with van der Waals surface area (Å²) in [4.78, 5) is 0.153. The van der Waals surface area contributed by atoms with E-state index in [-0.39, 0.29) is 11.0 Å². The molecule has 0 aliphatic heterocycles. The van der Waals surface area contributed by atoms with Gasteiger partial charge in [0.25, 0.3) is 0 Å². The molecular weight excluding hydrogens is 282 g/mol. The summed E-state index contributed by atoms with van der Waals surface area (Å²) in [6.45, 7) is 2.00. The second-order valence-corrected chi connectivity index (χ2v) is 6.03. The molecule has 1 atom stereocenters. The van der Waals surface area contributed by atoms with Gasteiger partial charge in [0.05, 0.1) is 4.90 Å². The Kier molecular flexibility index (Phi) is 5.44. The summed E-state index contributed by atoms with van der Waals surface area (Å²) in [5.41, 5.74) is 1.00. The zero-order chi connectivity index (χ0) is 10.8. The molecule has 0 saturated carbocycles. The fraction of sp³-hybridized carbons (Fsp3) is 0.333. The van der Waals surface area contributed by atoms with Crippen LogP contribution in [0.3, 0.4) is 0 Å². The molecule has 1 unspecified atom stereocenters. The first-order valence-corrected chi connectivity index (χ1v) is 6.41. The highest BCUT2D eigenvalue weighted by Crippen LogP contribution is 2.13. The van der Waals surface area contributed by atoms with E-state index in [2.05, 4.69) is 15.9 Å². The van der Waals surface area contributed by atoms with Crippen molar-refractivity contribution in [2.75, 3.05) is 0 Å². The highest BCUT2D eigenvalue weighted by molar-refractivity contribution is 9.09. The SMILES string of the molecule is CC(Br)Cc1ccc(S(=O)(=O)[O-])cc1.[NH4+]. The number of quaternary nitrogens is 1. The number of alkyl halides is 1. The van der Waals surface area contributed by atoms with Gasteiger partial charge in [-0.25, -0.2) is 8.42 Å². The third-order valence-corrected chi connectivity index (χ3v) is 2.90. The van der Waals surface area contributed by atoms with Crippen LogP contribution < -0.4 is 6.15 Å². The summed E-state index contributed by atoms with van der Waals surface area (Å²) >= 11 is 3.39. The van der Waals surface area contributed by atoms with Gasteiger partial charge < -0.3 is 10.7 Å². The third-order valence-electron chi connectivity index (χ3n) is 1.73. The molecule has 0 bridgehead atoms. The van der Waals surface area contributed by atoms with Crippen molar-refractivity contribution in [3.8, 4) is 0 Å². The largest absolute Gasteiger partial charge is 0.744 e. The second kappa shape index (κ2) is 5.60. The molecule has 0 aliphatic carbocycles. The van der Waals surface area contributed by atoms with Crippen LogP contribution in [0.1, 0.15) is 12.5 Å². The van der Waals surface area contributed by atoms with Crippen LogP contribution >= 0.6 is 15.9 Å². The standard InChI is InChI=1S/C9H11BrO3S.H3N/c1-7(10)6-8-2-4-9(5-3-8)14(11,12)13;/h2-5,7H,6H2,1H3,(H,11,12,13);1H3. The smallest absolute Gasteiger partial charge is 0.124 e. The summed E-state index contributed by atoms with van der Waals surface area (Å²) in [7, 11) is -4.31. The molecule has 6 heteroatoms. The maximum Gasteiger partial charge on any atom is 0.124 e. The summed E-state index contributed by atoms with van der Waals surface area (Å²) in [6, 6.07) is 5.99. The average molecular weight is 296 g/mol. The highest BCUT2D eigenvalue weighted by Gasteiger charge is 2.02. The topological polar surface area (TPSA) is 93.7 Å². The van der Waals surface area contributed by atoms with Gasteiger partial charge in [-0.1, -0.05) is 35.0 Å². The fourth-order valence-electron chi connectivity index (χ4n) is 1.12. The second-order valence-electron chi connectivity index (χ2n) is 3.08. The Balaban J connectivity index is 0.00000196. The Bertz CT molecular complexity index is 400. The van der Waals surface area contributed by atoms with E-state index >= 15 is 0 Å². The summed E-state index contributed by atoms with van der Waals surface area (Å²) < 4.78 is 31.8. The molecule has 1 aromatic carbocycles. The predicted molar refractivity (Wildman–Crippen MR) is 62.5 cm³/mol. The number of hydrogen-bond acceptors (Lipinski definition) is 3. The van der Waals surface area contributed by atoms with E-state index in [4.69, 9.17) is 0 Å². The quantitative estimate of drug-likeness (QED) is 0.685. The summed E-state index contributed by atoms with van der Waals surface area (Å²) in [5.74, 6) is 0. The van der Waals surface area contributed by atoms with Crippen molar-refractivity contribution in [2.45, 2.75) is 23.1 Å². The van der Waals surface area contributed by atoms with E-state index in [9.17, 15) is 13.0 Å². The maximum atomic E-state index is 10.6. The number of hydrogen-bond donors (Lipinski definition) is 1. The van der Waals surface area contributed by atoms with Gasteiger partial charge in [0.15, 0.2) is 0 Å². The first-order chi connectivity index (χ1) is 6.39. The lowest BCUT2D eigenvalue weighted by Gasteiger charge is -2.08. The molecule has 0 spiro atoms. The molecule has 1 aromatic rings. The fourth-order valence-corrected chi connectivity index (χ4v) is 1.96. The van der Waals surface area contributed by atoms with Crippen LogP contribution in [-0.4, -0.2) is 17.8 Å². The van der Waals surface area contributed by atoms with Crippen LogP contribution in [0.5, 0.6) is 0 Å². The lowest BCUT2D eigenvalue weighted by atomic mass is 10.1. The normalized spacial score (nSPS) is 13.0. The molecule has 0 aliphatic rings. The molecule has 0 aromatic heterocycles. The molecule has 0 fully saturated rings. The first kappa shape index (κ1) is 14.6. The van der Waals surface area contributed by atoms with Crippen LogP contribution in [0.2, 0.25) is 0 Å². The lowest BCUT2D eigenvalue weighted by molar-refractivity contribution is 0.463. The van der Waals surface area contributed by atoms with Crippen molar-refractivity contribution >= 4 is 26.0 Å². The van der Waals surface area contributed by atoms with Gasteiger partial charge in [-0.15, -0.1) is 0 Å². The average Bonchev–Trinajstić information content (AvgIpc) is 2.02. The van der Waals surface area contributed by atoms with Gasteiger partial charge >= 0.3 is 0 Å². The molecule has 4 nitrogen and oxygen atoms in total. The van der Waals surface area contributed by atoms with E-state index in [0.717, 1.165) is 12.0 Å². The Labute approximate surface area is 98.2 Å². The molecule has 4 N–H and O–H groups in total. The van der Waals surface area contributed by atoms with Crippen molar-refractivity contribution in [2.24, 2.45) is 0 Å². The third kappa shape index (κ3) is 4.74. The summed E-state index contributed by atoms with van der Waals surface area (Å²) in [5, 5.41) is 0. The Morgan fingerprint density at radius 1 is 1.33 bits per heavy atom. The predicted octanol–water partition coefficient (Wildman–Crippen LogP) is 2.29. The molecule has 1 rings (SSSR count). The molecule has 0 saturated heterocycles. The minimum Gasteiger partial charge on any atom is -0.744 e. The van der Waals surface area contributed by atoms with Gasteiger partial charge in [-0.05, 0) is 24.1 Å². The first-order valence-electron chi connectivity index (χ1n) is 4.08. The molecule has 86 valence electrons. The van der Waals surface area contributed by atoms with Crippen LogP contribution in [0, 0.1) is 0 Å². The van der Waals surface area contributed by atoms with Gasteiger partial charge in [-0.3, -0.25) is 0 Å². The molecule has 15 heavy (non-hydrogen) atoms. The molecular formula is C9H14BrNO3S. The maximum absolute atomic E-state index is 10.6. The van der Waals surface area contributed by atoms with Gasteiger partial charge in [0.1, 0.15) is 10.1 Å². The molecule has 0 radical (unpaired) electrons. The van der Waals surface area contributed by atoms with Crippen molar-refractivity contribution in [1.29, 1.82) is 0 Å². The Hall–Kier alpha value is -0.430. The zero-order valence-electron chi connectivity index (χ0n) is 8.60. The number of benzene rings is 1. The van der Waals surface area contributed by atoms with Crippen molar-refractivity contribution in [1.82, 2.24) is 6.15 Å². The van der Waals surface area contributed by atoms with Crippen molar-refractivity contribution in [3.63, 3.8) is 0 Å². The van der Waals surface area contributed by atoms with Gasteiger partial charge in [-0.2, -0.15) is 0 Å². The van der Waals surface area contributed by atoms with Crippen molar-refractivity contribution < 1.29 is 13.0 Å². The minimum atomic E-state index is -4.31. The van der Waals surface area contributed by atoms with Gasteiger partial charge in [0, 0.05) is 4.83 Å². The molecule has 0 heterocycles. The van der Waals surface area contributed by atoms with E-state index in [0.29, 0.717) is 4.83 Å². The van der Waals surface area contributed by atoms with Crippen LogP contribution in [-0.2, 0) is 16.5 Å². The van der Waals surface area contributed by atoms with Crippen LogP contribution in [0.25, 0.3) is 0 Å². The van der Waals surface area contributed by atoms with Gasteiger partial charge in [0.2, 0.25) is 0 Å². The Morgan fingerprint density at radius 3 is 2.13 bits per heavy atom. The zero-order valence-corrected chi connectivity index (χ0v) is 11.0. The summed E-state index contributed by atoms with van der Waals surface area (Å²) in [6.07, 6.45) is 0.805. The van der Waals surface area contributed by atoms with Crippen molar-refractivity contribution in [3.05, 3.63) is 29.8 Å². The van der Waals surface area contributed by atoms with Crippen LogP contribution in [0.4, 0.5) is 0 Å². The van der Waals surface area contributed by atoms with E-state index in [1.54, 1.807) is 12.1 Å². The number of rotatable bonds is 3. The highest BCUT2D eigenvalue weighted by atomic mass is 79.9. The van der Waals surface area contributed by atoms with Crippen LogP contribution in [0.15, 0.2) is 29.2 Å². The lowest BCUT2D eigenvalue weighted by Crippen LogP contribution is -2.00. The Morgan fingerprint density at radius 2 is 1.80 bits per heavy atom. The monoisotopic (exact) mass is 295 g/mol. The number of halogens is 1. The minimum absolute atomic E-state index is 0. The van der Waals surface area contributed by atoms with E-state index in [1.807, 2.05) is 6.92 Å². The van der Waals surface area contributed by atoms with E-state index < -0.39 is 10.1 Å².